The zero-order chi connectivity index (χ0) is 16.8. The van der Waals surface area contributed by atoms with E-state index in [1.54, 1.807) is 0 Å². The zero-order valence-electron chi connectivity index (χ0n) is 13.5. The molecule has 0 bridgehead atoms. The summed E-state index contributed by atoms with van der Waals surface area (Å²) in [7, 11) is 0. The van der Waals surface area contributed by atoms with Crippen molar-refractivity contribution in [1.82, 2.24) is 5.43 Å². The average molecular weight is 346 g/mol. The molecule has 0 aromatic heterocycles. The van der Waals surface area contributed by atoms with Crippen molar-refractivity contribution in [3.8, 4) is 0 Å². The number of aryl methyl sites for hydroxylation is 2. The first kappa shape index (κ1) is 17.4. The summed E-state index contributed by atoms with van der Waals surface area (Å²) in [5.41, 5.74) is 8.21. The molecule has 0 fully saturated rings. The van der Waals surface area contributed by atoms with Crippen molar-refractivity contribution in [1.29, 1.82) is 0 Å². The Morgan fingerprint density at radius 3 is 2.43 bits per heavy atom. The SMILES string of the molecule is CC/C(=N/NC(=S)Nc1ccc(C)cc1C)c1ccc(Cl)cc1. The third kappa shape index (κ3) is 5.05. The van der Waals surface area contributed by atoms with E-state index in [0.29, 0.717) is 10.1 Å². The Hall–Kier alpha value is -1.91. The zero-order valence-corrected chi connectivity index (χ0v) is 15.1. The van der Waals surface area contributed by atoms with E-state index in [0.717, 1.165) is 28.9 Å². The molecule has 0 unspecified atom stereocenters. The van der Waals surface area contributed by atoms with Crippen LogP contribution in [0.15, 0.2) is 47.6 Å². The molecular weight excluding hydrogens is 326 g/mol. The molecule has 2 rings (SSSR count). The van der Waals surface area contributed by atoms with Gasteiger partial charge in [-0.05, 0) is 61.8 Å². The number of anilines is 1. The summed E-state index contributed by atoms with van der Waals surface area (Å²) in [6.07, 6.45) is 0.792. The van der Waals surface area contributed by atoms with Crippen molar-refractivity contribution in [2.45, 2.75) is 27.2 Å². The highest BCUT2D eigenvalue weighted by Crippen LogP contribution is 2.16. The van der Waals surface area contributed by atoms with E-state index in [9.17, 15) is 0 Å². The van der Waals surface area contributed by atoms with Crippen molar-refractivity contribution in [2.24, 2.45) is 5.10 Å². The standard InChI is InChI=1S/C18H20ClN3S/c1-4-16(14-6-8-15(19)9-7-14)21-22-18(23)20-17-10-5-12(2)11-13(17)3/h5-11H,4H2,1-3H3,(H2,20,22,23)/b21-16-. The number of halogens is 1. The molecule has 2 N–H and O–H groups in total. The monoisotopic (exact) mass is 345 g/mol. The van der Waals surface area contributed by atoms with Gasteiger partial charge in [-0.1, -0.05) is 48.4 Å². The summed E-state index contributed by atoms with van der Waals surface area (Å²) in [4.78, 5) is 0. The molecule has 0 aliphatic rings. The highest BCUT2D eigenvalue weighted by atomic mass is 35.5. The molecule has 120 valence electrons. The topological polar surface area (TPSA) is 36.4 Å². The molecule has 2 aromatic rings. The number of hydrazone groups is 1. The van der Waals surface area contributed by atoms with Crippen LogP contribution in [0.1, 0.15) is 30.0 Å². The first-order valence-corrected chi connectivity index (χ1v) is 8.25. The molecule has 0 amide bonds. The van der Waals surface area contributed by atoms with Crippen molar-refractivity contribution >= 4 is 40.3 Å². The Morgan fingerprint density at radius 1 is 1.13 bits per heavy atom. The first-order valence-electron chi connectivity index (χ1n) is 7.46. The van der Waals surface area contributed by atoms with E-state index in [1.807, 2.05) is 43.3 Å². The minimum absolute atomic E-state index is 0.469. The molecule has 0 radical (unpaired) electrons. The second kappa shape index (κ2) is 8.09. The summed E-state index contributed by atoms with van der Waals surface area (Å²) in [5, 5.41) is 8.76. The summed E-state index contributed by atoms with van der Waals surface area (Å²) < 4.78 is 0. The van der Waals surface area contributed by atoms with Crippen molar-refractivity contribution < 1.29 is 0 Å². The predicted molar refractivity (Wildman–Crippen MR) is 104 cm³/mol. The molecule has 3 nitrogen and oxygen atoms in total. The molecule has 0 heterocycles. The predicted octanol–water partition coefficient (Wildman–Crippen LogP) is 5.06. The maximum Gasteiger partial charge on any atom is 0.191 e. The Kier molecular flexibility index (Phi) is 6.13. The second-order valence-corrected chi connectivity index (χ2v) is 6.15. The van der Waals surface area contributed by atoms with Crippen LogP contribution in [0.3, 0.4) is 0 Å². The fraction of sp³-hybridized carbons (Fsp3) is 0.222. The normalized spacial score (nSPS) is 11.2. The summed E-state index contributed by atoms with van der Waals surface area (Å²) in [6.45, 7) is 6.17. The molecule has 0 aliphatic heterocycles. The maximum absolute atomic E-state index is 5.92. The van der Waals surface area contributed by atoms with Gasteiger partial charge in [0.05, 0.1) is 5.71 Å². The Bertz CT molecular complexity index is 724. The minimum atomic E-state index is 0.469. The van der Waals surface area contributed by atoms with Gasteiger partial charge in [0.15, 0.2) is 5.11 Å². The van der Waals surface area contributed by atoms with Crippen LogP contribution in [-0.4, -0.2) is 10.8 Å². The van der Waals surface area contributed by atoms with Crippen LogP contribution >= 0.6 is 23.8 Å². The van der Waals surface area contributed by atoms with Gasteiger partial charge in [-0.15, -0.1) is 0 Å². The molecule has 0 saturated heterocycles. The molecule has 2 aromatic carbocycles. The molecule has 0 spiro atoms. The van der Waals surface area contributed by atoms with Gasteiger partial charge in [0.2, 0.25) is 0 Å². The van der Waals surface area contributed by atoms with Crippen molar-refractivity contribution in [3.63, 3.8) is 0 Å². The Labute approximate surface area is 147 Å². The fourth-order valence-electron chi connectivity index (χ4n) is 2.21. The van der Waals surface area contributed by atoms with Gasteiger partial charge in [-0.25, -0.2) is 0 Å². The highest BCUT2D eigenvalue weighted by molar-refractivity contribution is 7.80. The van der Waals surface area contributed by atoms with Crippen LogP contribution in [-0.2, 0) is 0 Å². The van der Waals surface area contributed by atoms with Crippen LogP contribution < -0.4 is 10.7 Å². The summed E-state index contributed by atoms with van der Waals surface area (Å²) in [6, 6.07) is 13.8. The van der Waals surface area contributed by atoms with Gasteiger partial charge >= 0.3 is 0 Å². The van der Waals surface area contributed by atoms with Gasteiger partial charge in [0.1, 0.15) is 0 Å². The quantitative estimate of drug-likeness (QED) is 0.462. The number of nitrogens with zero attached hydrogens (tertiary/aromatic N) is 1. The molecule has 5 heteroatoms. The van der Waals surface area contributed by atoms with Crippen LogP contribution in [0.2, 0.25) is 5.02 Å². The third-order valence-corrected chi connectivity index (χ3v) is 3.88. The van der Waals surface area contributed by atoms with Gasteiger partial charge in [0.25, 0.3) is 0 Å². The van der Waals surface area contributed by atoms with E-state index in [4.69, 9.17) is 23.8 Å². The lowest BCUT2D eigenvalue weighted by molar-refractivity contribution is 1.02. The van der Waals surface area contributed by atoms with Crippen molar-refractivity contribution in [3.05, 3.63) is 64.2 Å². The van der Waals surface area contributed by atoms with E-state index < -0.39 is 0 Å². The molecule has 23 heavy (non-hydrogen) atoms. The second-order valence-electron chi connectivity index (χ2n) is 5.30. The number of hydrogen-bond donors (Lipinski definition) is 2. The summed E-state index contributed by atoms with van der Waals surface area (Å²) in [5.74, 6) is 0. The van der Waals surface area contributed by atoms with Gasteiger partial charge in [0, 0.05) is 10.7 Å². The van der Waals surface area contributed by atoms with Gasteiger partial charge in [-0.2, -0.15) is 5.10 Å². The fourth-order valence-corrected chi connectivity index (χ4v) is 2.49. The number of rotatable bonds is 4. The van der Waals surface area contributed by atoms with Crippen LogP contribution in [0, 0.1) is 13.8 Å². The van der Waals surface area contributed by atoms with Crippen molar-refractivity contribution in [2.75, 3.05) is 5.32 Å². The van der Waals surface area contributed by atoms with E-state index in [2.05, 4.69) is 35.8 Å². The lowest BCUT2D eigenvalue weighted by Crippen LogP contribution is -2.25. The minimum Gasteiger partial charge on any atom is -0.331 e. The number of benzene rings is 2. The van der Waals surface area contributed by atoms with E-state index in [1.165, 1.54) is 5.56 Å². The van der Waals surface area contributed by atoms with Gasteiger partial charge < -0.3 is 5.32 Å². The Morgan fingerprint density at radius 2 is 1.83 bits per heavy atom. The van der Waals surface area contributed by atoms with E-state index >= 15 is 0 Å². The largest absolute Gasteiger partial charge is 0.331 e. The molecule has 0 atom stereocenters. The molecular formula is C18H20ClN3S. The van der Waals surface area contributed by atoms with E-state index in [-0.39, 0.29) is 0 Å². The van der Waals surface area contributed by atoms with Crippen LogP contribution in [0.5, 0.6) is 0 Å². The summed E-state index contributed by atoms with van der Waals surface area (Å²) >= 11 is 11.2. The van der Waals surface area contributed by atoms with Gasteiger partial charge in [-0.3, -0.25) is 5.43 Å². The molecule has 0 saturated carbocycles. The number of hydrogen-bond acceptors (Lipinski definition) is 2. The third-order valence-electron chi connectivity index (χ3n) is 3.43. The average Bonchev–Trinajstić information content (AvgIpc) is 2.52. The Balaban J connectivity index is 2.05. The van der Waals surface area contributed by atoms with Crippen LogP contribution in [0.25, 0.3) is 0 Å². The smallest absolute Gasteiger partial charge is 0.191 e. The number of nitrogens with one attached hydrogen (secondary N) is 2. The lowest BCUT2D eigenvalue weighted by atomic mass is 10.1. The first-order chi connectivity index (χ1) is 11.0. The number of thiocarbonyl (C=S) groups is 1. The molecule has 0 aliphatic carbocycles. The van der Waals surface area contributed by atoms with Crippen LogP contribution in [0.4, 0.5) is 5.69 Å². The maximum atomic E-state index is 5.92. The highest BCUT2D eigenvalue weighted by Gasteiger charge is 2.04. The lowest BCUT2D eigenvalue weighted by Gasteiger charge is -2.11.